The normalized spacial score (nSPS) is 11.2. The van der Waals surface area contributed by atoms with E-state index in [4.69, 9.17) is 4.52 Å². The third kappa shape index (κ3) is 3.47. The average molecular weight is 329 g/mol. The number of rotatable bonds is 6. The second-order valence-electron chi connectivity index (χ2n) is 5.44. The number of hydrogen-bond acceptors (Lipinski definition) is 5. The fourth-order valence-electron chi connectivity index (χ4n) is 2.40. The second-order valence-corrected chi connectivity index (χ2v) is 6.38. The van der Waals surface area contributed by atoms with Crippen LogP contribution >= 0.6 is 11.8 Å². The van der Waals surface area contributed by atoms with Crippen molar-refractivity contribution in [3.05, 3.63) is 52.1 Å². The molecule has 0 spiro atoms. The van der Waals surface area contributed by atoms with Gasteiger partial charge in [-0.2, -0.15) is 0 Å². The summed E-state index contributed by atoms with van der Waals surface area (Å²) >= 11 is 1.52. The minimum absolute atomic E-state index is 0.0304. The van der Waals surface area contributed by atoms with Crippen LogP contribution in [0.25, 0.3) is 10.9 Å². The van der Waals surface area contributed by atoms with Crippen LogP contribution in [-0.2, 0) is 12.3 Å². The molecule has 0 amide bonds. The van der Waals surface area contributed by atoms with Crippen molar-refractivity contribution < 1.29 is 4.52 Å². The number of hydrogen-bond donors (Lipinski definition) is 0. The van der Waals surface area contributed by atoms with E-state index in [2.05, 4.69) is 17.1 Å². The van der Waals surface area contributed by atoms with Gasteiger partial charge in [-0.1, -0.05) is 42.4 Å². The molecule has 0 saturated heterocycles. The molecule has 2 heterocycles. The molecule has 6 heteroatoms. The van der Waals surface area contributed by atoms with Crippen LogP contribution in [0.2, 0.25) is 0 Å². The van der Waals surface area contributed by atoms with E-state index >= 15 is 0 Å². The van der Waals surface area contributed by atoms with Crippen molar-refractivity contribution in [2.24, 2.45) is 0 Å². The maximum absolute atomic E-state index is 12.7. The molecular formula is C17H19N3O2S. The van der Waals surface area contributed by atoms with Gasteiger partial charge in [0.25, 0.3) is 5.56 Å². The molecule has 3 aromatic rings. The topological polar surface area (TPSA) is 60.9 Å². The summed E-state index contributed by atoms with van der Waals surface area (Å²) in [6.07, 6.45) is 1.99. The predicted molar refractivity (Wildman–Crippen MR) is 91.7 cm³/mol. The molecule has 3 rings (SSSR count). The highest BCUT2D eigenvalue weighted by Crippen LogP contribution is 2.22. The fourth-order valence-corrected chi connectivity index (χ4v) is 3.30. The highest BCUT2D eigenvalue weighted by Gasteiger charge is 2.12. The van der Waals surface area contributed by atoms with Crippen LogP contribution in [0.3, 0.4) is 0 Å². The molecule has 0 bridgehead atoms. The zero-order valence-corrected chi connectivity index (χ0v) is 14.1. The Bertz CT molecular complexity index is 870. The Morgan fingerprint density at radius 2 is 2.13 bits per heavy atom. The molecule has 0 fully saturated rings. The van der Waals surface area contributed by atoms with E-state index in [1.807, 2.05) is 37.3 Å². The third-order valence-corrected chi connectivity index (χ3v) is 4.60. The Kier molecular flexibility index (Phi) is 4.81. The largest absolute Gasteiger partial charge is 0.361 e. The number of para-hydroxylation sites is 1. The quantitative estimate of drug-likeness (QED) is 0.509. The molecule has 5 nitrogen and oxygen atoms in total. The highest BCUT2D eigenvalue weighted by atomic mass is 32.2. The zero-order chi connectivity index (χ0) is 16.2. The minimum atomic E-state index is 0.0304. The van der Waals surface area contributed by atoms with Crippen LogP contribution in [0.1, 0.15) is 31.2 Å². The van der Waals surface area contributed by atoms with Crippen molar-refractivity contribution in [3.63, 3.8) is 0 Å². The van der Waals surface area contributed by atoms with E-state index < -0.39 is 0 Å². The van der Waals surface area contributed by atoms with Gasteiger partial charge in [0.1, 0.15) is 5.76 Å². The molecule has 0 N–H and O–H groups in total. The van der Waals surface area contributed by atoms with Crippen LogP contribution in [0.4, 0.5) is 0 Å². The van der Waals surface area contributed by atoms with Gasteiger partial charge in [0.05, 0.1) is 16.6 Å². The average Bonchev–Trinajstić information content (AvgIpc) is 2.98. The summed E-state index contributed by atoms with van der Waals surface area (Å²) in [5.74, 6) is 1.42. The van der Waals surface area contributed by atoms with Crippen molar-refractivity contribution in [3.8, 4) is 0 Å². The van der Waals surface area contributed by atoms with Gasteiger partial charge in [-0.05, 0) is 25.5 Å². The summed E-state index contributed by atoms with van der Waals surface area (Å²) in [5.41, 5.74) is 1.63. The minimum Gasteiger partial charge on any atom is -0.361 e. The van der Waals surface area contributed by atoms with E-state index in [1.165, 1.54) is 11.8 Å². The molecule has 0 aliphatic carbocycles. The lowest BCUT2D eigenvalue weighted by atomic mass is 10.2. The summed E-state index contributed by atoms with van der Waals surface area (Å²) in [4.78, 5) is 17.4. The third-order valence-electron chi connectivity index (χ3n) is 3.59. The van der Waals surface area contributed by atoms with Crippen molar-refractivity contribution in [1.29, 1.82) is 0 Å². The summed E-state index contributed by atoms with van der Waals surface area (Å²) in [5, 5.41) is 5.41. The van der Waals surface area contributed by atoms with Gasteiger partial charge >= 0.3 is 0 Å². The Labute approximate surface area is 138 Å². The van der Waals surface area contributed by atoms with E-state index in [1.54, 1.807) is 4.57 Å². The lowest BCUT2D eigenvalue weighted by molar-refractivity contribution is 0.393. The number of benzene rings is 1. The molecule has 0 atom stereocenters. The summed E-state index contributed by atoms with van der Waals surface area (Å²) in [6.45, 7) is 4.67. The van der Waals surface area contributed by atoms with Crippen LogP contribution in [0, 0.1) is 6.92 Å². The predicted octanol–water partition coefficient (Wildman–Crippen LogP) is 3.79. The molecular weight excluding hydrogens is 310 g/mol. The lowest BCUT2D eigenvalue weighted by Crippen LogP contribution is -2.23. The fraction of sp³-hybridized carbons (Fsp3) is 0.353. The Morgan fingerprint density at radius 3 is 2.87 bits per heavy atom. The summed E-state index contributed by atoms with van der Waals surface area (Å²) in [6, 6.07) is 9.40. The molecule has 0 radical (unpaired) electrons. The monoisotopic (exact) mass is 329 g/mol. The first kappa shape index (κ1) is 15.8. The van der Waals surface area contributed by atoms with Crippen LogP contribution < -0.4 is 5.56 Å². The number of nitrogens with zero attached hydrogens (tertiary/aromatic N) is 3. The van der Waals surface area contributed by atoms with Crippen molar-refractivity contribution in [2.45, 2.75) is 44.1 Å². The first-order valence-corrected chi connectivity index (χ1v) is 8.72. The number of unbranched alkanes of at least 4 members (excludes halogenated alkanes) is 1. The second kappa shape index (κ2) is 7.00. The highest BCUT2D eigenvalue weighted by molar-refractivity contribution is 7.98. The van der Waals surface area contributed by atoms with E-state index in [9.17, 15) is 4.79 Å². The van der Waals surface area contributed by atoms with Crippen molar-refractivity contribution >= 4 is 22.7 Å². The molecule has 0 saturated carbocycles. The SMILES string of the molecule is CCCCn1c(SCc2cc(C)on2)nc2ccccc2c1=O. The van der Waals surface area contributed by atoms with Gasteiger partial charge in [-0.25, -0.2) is 4.98 Å². The van der Waals surface area contributed by atoms with Gasteiger partial charge in [-0.15, -0.1) is 0 Å². The molecule has 2 aromatic heterocycles. The Morgan fingerprint density at radius 1 is 1.30 bits per heavy atom. The Hall–Kier alpha value is -2.08. The Balaban J connectivity index is 1.97. The van der Waals surface area contributed by atoms with Gasteiger partial charge in [0.2, 0.25) is 0 Å². The number of aromatic nitrogens is 3. The number of aryl methyl sites for hydroxylation is 1. The number of fused-ring (bicyclic) bond motifs is 1. The molecule has 0 unspecified atom stereocenters. The lowest BCUT2D eigenvalue weighted by Gasteiger charge is -2.12. The molecule has 0 aliphatic rings. The van der Waals surface area contributed by atoms with Crippen molar-refractivity contribution in [2.75, 3.05) is 0 Å². The van der Waals surface area contributed by atoms with Gasteiger partial charge < -0.3 is 4.52 Å². The van der Waals surface area contributed by atoms with Crippen molar-refractivity contribution in [1.82, 2.24) is 14.7 Å². The van der Waals surface area contributed by atoms with Gasteiger partial charge in [0, 0.05) is 18.4 Å². The molecule has 0 aliphatic heterocycles. The molecule has 120 valence electrons. The van der Waals surface area contributed by atoms with Gasteiger partial charge in [0.15, 0.2) is 5.16 Å². The summed E-state index contributed by atoms with van der Waals surface area (Å²) < 4.78 is 6.87. The first-order chi connectivity index (χ1) is 11.2. The van der Waals surface area contributed by atoms with E-state index in [0.29, 0.717) is 17.7 Å². The van der Waals surface area contributed by atoms with Gasteiger partial charge in [-0.3, -0.25) is 9.36 Å². The van der Waals surface area contributed by atoms with E-state index in [0.717, 1.165) is 35.0 Å². The van der Waals surface area contributed by atoms with Crippen LogP contribution in [-0.4, -0.2) is 14.7 Å². The zero-order valence-electron chi connectivity index (χ0n) is 13.3. The number of thioether (sulfide) groups is 1. The molecule has 1 aromatic carbocycles. The standard InChI is InChI=1S/C17H19N3O2S/c1-3-4-9-20-16(21)14-7-5-6-8-15(14)18-17(20)23-11-13-10-12(2)22-19-13/h5-8,10H,3-4,9,11H2,1-2H3. The smallest absolute Gasteiger partial charge is 0.262 e. The van der Waals surface area contributed by atoms with Crippen LogP contribution in [0.5, 0.6) is 0 Å². The van der Waals surface area contributed by atoms with Crippen LogP contribution in [0.15, 0.2) is 44.8 Å². The first-order valence-electron chi connectivity index (χ1n) is 7.73. The van der Waals surface area contributed by atoms with E-state index in [-0.39, 0.29) is 5.56 Å². The summed E-state index contributed by atoms with van der Waals surface area (Å²) in [7, 11) is 0. The maximum atomic E-state index is 12.7. The maximum Gasteiger partial charge on any atom is 0.262 e. The molecule has 23 heavy (non-hydrogen) atoms.